The van der Waals surface area contributed by atoms with Crippen LogP contribution in [0.2, 0.25) is 0 Å². The second-order valence-corrected chi connectivity index (χ2v) is 17.1. The fourth-order valence-corrected chi connectivity index (χ4v) is 9.84. The molecule has 0 radical (unpaired) electrons. The largest absolute Gasteiger partial charge is 0.393 e. The van der Waals surface area contributed by atoms with Gasteiger partial charge < -0.3 is 10.2 Å². The van der Waals surface area contributed by atoms with Gasteiger partial charge in [-0.1, -0.05) is 0 Å². The van der Waals surface area contributed by atoms with E-state index in [0.717, 1.165) is 44.9 Å². The highest BCUT2D eigenvalue weighted by Crippen LogP contribution is 2.45. The highest BCUT2D eigenvalue weighted by atomic mass is 32.2. The minimum absolute atomic E-state index is 0.0318. The third-order valence-electron chi connectivity index (χ3n) is 10.6. The Morgan fingerprint density at radius 3 is 1.41 bits per heavy atom. The van der Waals surface area contributed by atoms with Crippen LogP contribution in [0.15, 0.2) is 30.7 Å². The summed E-state index contributed by atoms with van der Waals surface area (Å²) in [6.45, 7) is 0. The van der Waals surface area contributed by atoms with Gasteiger partial charge in [-0.3, -0.25) is 9.11 Å². The predicted octanol–water partition coefficient (Wildman–Crippen LogP) is 4.33. The first-order valence-electron chi connectivity index (χ1n) is 16.4. The molecule has 14 nitrogen and oxygen atoms in total. The van der Waals surface area contributed by atoms with Gasteiger partial charge in [-0.15, -0.1) is 0 Å². The van der Waals surface area contributed by atoms with Crippen molar-refractivity contribution in [1.29, 1.82) is 0 Å². The third kappa shape index (κ3) is 8.87. The number of hydrogen-bond donors (Lipinski definition) is 4. The van der Waals surface area contributed by atoms with E-state index in [1.54, 1.807) is 0 Å². The van der Waals surface area contributed by atoms with Gasteiger partial charge in [0.15, 0.2) is 0 Å². The van der Waals surface area contributed by atoms with Gasteiger partial charge in [0.25, 0.3) is 20.2 Å². The van der Waals surface area contributed by atoms with Gasteiger partial charge in [0, 0.05) is 0 Å². The van der Waals surface area contributed by atoms with Gasteiger partial charge in [-0.2, -0.15) is 47.5 Å². The average Bonchev–Trinajstić information content (AvgIpc) is 2.99. The summed E-state index contributed by atoms with van der Waals surface area (Å²) in [7, 11) is -8.47. The van der Waals surface area contributed by atoms with E-state index < -0.39 is 42.9 Å². The summed E-state index contributed by atoms with van der Waals surface area (Å²) in [5.74, 6) is -0.255. The summed E-state index contributed by atoms with van der Waals surface area (Å²) in [5, 5.41) is 45.9. The molecule has 6 atom stereocenters. The Kier molecular flexibility index (Phi) is 11.2. The summed E-state index contributed by atoms with van der Waals surface area (Å²) in [6.07, 6.45) is 8.84. The molecule has 0 aromatic carbocycles. The molecule has 5 aliphatic rings. The molecule has 6 unspecified atom stereocenters. The van der Waals surface area contributed by atoms with Crippen LogP contribution in [0.25, 0.3) is 0 Å². The number of aliphatic hydroxyl groups excluding tert-OH is 2. The first kappa shape index (κ1) is 33.9. The molecular formula is C28H48N6O8S2. The van der Waals surface area contributed by atoms with Crippen molar-refractivity contribution in [2.24, 2.45) is 42.5 Å². The van der Waals surface area contributed by atoms with Crippen molar-refractivity contribution in [3.8, 4) is 0 Å². The van der Waals surface area contributed by atoms with E-state index >= 15 is 0 Å². The van der Waals surface area contributed by atoms with Gasteiger partial charge in [-0.25, -0.2) is 0 Å². The SMILES string of the molecule is O=S(=O)(O)C1CCC(N=NC2CCC(N=NC3C(O)C4CCC(N=NC5CCC(O)CC5)CC4CC3S(=O)(=O)O)CC2)CC1. The smallest absolute Gasteiger partial charge is 0.270 e. The van der Waals surface area contributed by atoms with E-state index in [9.17, 15) is 36.2 Å². The Labute approximate surface area is 260 Å². The van der Waals surface area contributed by atoms with Crippen molar-refractivity contribution in [3.63, 3.8) is 0 Å². The second kappa shape index (κ2) is 14.5. The fraction of sp³-hybridized carbons (Fsp3) is 1.00. The zero-order valence-electron chi connectivity index (χ0n) is 25.2. The average molecular weight is 661 g/mol. The summed E-state index contributed by atoms with van der Waals surface area (Å²) >= 11 is 0. The topological polar surface area (TPSA) is 223 Å². The maximum absolute atomic E-state index is 12.4. The normalized spacial score (nSPS) is 43.0. The number of fused-ring (bicyclic) bond motifs is 1. The number of hydrogen-bond acceptors (Lipinski definition) is 12. The van der Waals surface area contributed by atoms with Crippen LogP contribution < -0.4 is 0 Å². The Morgan fingerprint density at radius 2 is 0.909 bits per heavy atom. The van der Waals surface area contributed by atoms with Gasteiger partial charge in [0.2, 0.25) is 0 Å². The molecule has 16 heteroatoms. The Bertz CT molecular complexity index is 1260. The van der Waals surface area contributed by atoms with Crippen LogP contribution >= 0.6 is 0 Å². The lowest BCUT2D eigenvalue weighted by Gasteiger charge is -2.45. The van der Waals surface area contributed by atoms with Crippen molar-refractivity contribution < 1.29 is 36.2 Å². The molecule has 5 fully saturated rings. The summed E-state index contributed by atoms with van der Waals surface area (Å²) in [4.78, 5) is 0. The van der Waals surface area contributed by atoms with Crippen molar-refractivity contribution in [3.05, 3.63) is 0 Å². The maximum Gasteiger partial charge on any atom is 0.270 e. The summed E-state index contributed by atoms with van der Waals surface area (Å²) in [5.41, 5.74) is 0. The van der Waals surface area contributed by atoms with E-state index in [-0.39, 0.29) is 54.6 Å². The van der Waals surface area contributed by atoms with E-state index in [2.05, 4.69) is 30.7 Å². The van der Waals surface area contributed by atoms with E-state index in [0.29, 0.717) is 51.4 Å². The molecule has 0 aromatic heterocycles. The van der Waals surface area contributed by atoms with Crippen molar-refractivity contribution in [2.75, 3.05) is 0 Å². The minimum atomic E-state index is -4.47. The molecule has 250 valence electrons. The van der Waals surface area contributed by atoms with Crippen LogP contribution in [0.5, 0.6) is 0 Å². The van der Waals surface area contributed by atoms with Crippen LogP contribution in [0.4, 0.5) is 0 Å². The number of aliphatic hydroxyl groups is 2. The summed E-state index contributed by atoms with van der Waals surface area (Å²) in [6, 6.07) is -1.09. The fourth-order valence-electron chi connectivity index (χ4n) is 7.91. The molecule has 4 N–H and O–H groups in total. The molecule has 0 amide bonds. The van der Waals surface area contributed by atoms with Crippen LogP contribution in [0.3, 0.4) is 0 Å². The monoisotopic (exact) mass is 660 g/mol. The van der Waals surface area contributed by atoms with Crippen molar-refractivity contribution >= 4 is 20.2 Å². The van der Waals surface area contributed by atoms with Gasteiger partial charge >= 0.3 is 0 Å². The minimum Gasteiger partial charge on any atom is -0.393 e. The summed E-state index contributed by atoms with van der Waals surface area (Å²) < 4.78 is 66.9. The van der Waals surface area contributed by atoms with Crippen molar-refractivity contribution in [2.45, 2.75) is 162 Å². The van der Waals surface area contributed by atoms with E-state index in [1.165, 1.54) is 0 Å². The standard InChI is InChI=1S/C28H48N6O8S2/c35-23-10-5-20(6-11-23)31-33-22-9-14-25-17(15-22)16-26(44(40,41)42)27(28(25)36)34-32-19-3-1-18(2-4-19)29-30-21-7-12-24(13-8-21)43(37,38)39/h17-28,35-36H,1-16H2,(H,37,38,39)(H,40,41,42). The number of azo groups is 3. The molecule has 0 aliphatic heterocycles. The molecule has 5 aliphatic carbocycles. The van der Waals surface area contributed by atoms with E-state index in [1.807, 2.05) is 0 Å². The van der Waals surface area contributed by atoms with Crippen molar-refractivity contribution in [1.82, 2.24) is 0 Å². The molecule has 0 spiro atoms. The number of rotatable bonds is 8. The maximum atomic E-state index is 12.4. The molecule has 0 heterocycles. The molecule has 0 saturated heterocycles. The van der Waals surface area contributed by atoms with Crippen LogP contribution in [0, 0.1) is 11.8 Å². The zero-order valence-corrected chi connectivity index (χ0v) is 26.8. The third-order valence-corrected chi connectivity index (χ3v) is 13.2. The van der Waals surface area contributed by atoms with Gasteiger partial charge in [0.05, 0.1) is 47.7 Å². The Morgan fingerprint density at radius 1 is 0.477 bits per heavy atom. The van der Waals surface area contributed by atoms with Gasteiger partial charge in [0.1, 0.15) is 11.3 Å². The first-order chi connectivity index (χ1) is 20.9. The molecule has 5 saturated carbocycles. The second-order valence-electron chi connectivity index (χ2n) is 13.7. The highest BCUT2D eigenvalue weighted by molar-refractivity contribution is 7.86. The highest BCUT2D eigenvalue weighted by Gasteiger charge is 2.51. The molecule has 0 bridgehead atoms. The lowest BCUT2D eigenvalue weighted by Crippen LogP contribution is -2.54. The molecule has 44 heavy (non-hydrogen) atoms. The first-order valence-corrected chi connectivity index (χ1v) is 19.4. The quantitative estimate of drug-likeness (QED) is 0.216. The molecular weight excluding hydrogens is 612 g/mol. The molecule has 5 rings (SSSR count). The van der Waals surface area contributed by atoms with Crippen LogP contribution in [0.1, 0.15) is 103 Å². The van der Waals surface area contributed by atoms with E-state index in [4.69, 9.17) is 0 Å². The predicted molar refractivity (Wildman–Crippen MR) is 161 cm³/mol. The van der Waals surface area contributed by atoms with Gasteiger partial charge in [-0.05, 0) is 115 Å². The Balaban J connectivity index is 1.12. The zero-order chi connectivity index (χ0) is 31.5. The van der Waals surface area contributed by atoms with Crippen LogP contribution in [-0.2, 0) is 20.2 Å². The number of nitrogens with zero attached hydrogens (tertiary/aromatic N) is 6. The Hall–Kier alpha value is -1.46. The lowest BCUT2D eigenvalue weighted by atomic mass is 9.66. The molecule has 0 aromatic rings. The lowest BCUT2D eigenvalue weighted by molar-refractivity contribution is -0.00888. The van der Waals surface area contributed by atoms with Crippen LogP contribution in [-0.4, -0.2) is 95.1 Å².